The van der Waals surface area contributed by atoms with Crippen LogP contribution >= 0.6 is 0 Å². The highest BCUT2D eigenvalue weighted by atomic mass is 16.3. The van der Waals surface area contributed by atoms with E-state index in [0.717, 1.165) is 0 Å². The van der Waals surface area contributed by atoms with Crippen LogP contribution in [0.2, 0.25) is 0 Å². The third-order valence-corrected chi connectivity index (χ3v) is 10.5. The van der Waals surface area contributed by atoms with Crippen molar-refractivity contribution in [3.8, 4) is 0 Å². The van der Waals surface area contributed by atoms with Gasteiger partial charge in [0.05, 0.1) is 41.2 Å². The summed E-state index contributed by atoms with van der Waals surface area (Å²) in [5.41, 5.74) is -5.43. The highest BCUT2D eigenvalue weighted by molar-refractivity contribution is 5.95. The van der Waals surface area contributed by atoms with Crippen LogP contribution in [0.15, 0.2) is 11.6 Å². The molecule has 0 heterocycles. The van der Waals surface area contributed by atoms with E-state index in [9.17, 15) is 40.5 Å². The van der Waals surface area contributed by atoms with Crippen LogP contribution in [0.1, 0.15) is 79.6 Å². The molecule has 0 radical (unpaired) electrons. The van der Waals surface area contributed by atoms with Crippen molar-refractivity contribution < 1.29 is 40.5 Å². The highest BCUT2D eigenvalue weighted by Gasteiger charge is 2.71. The summed E-state index contributed by atoms with van der Waals surface area (Å²) in [4.78, 5) is 13.3. The molecule has 0 bridgehead atoms. The summed E-state index contributed by atoms with van der Waals surface area (Å²) in [6.07, 6.45) is -0.969. The van der Waals surface area contributed by atoms with Crippen molar-refractivity contribution in [1.29, 1.82) is 0 Å². The van der Waals surface area contributed by atoms with Gasteiger partial charge in [0, 0.05) is 23.7 Å². The summed E-state index contributed by atoms with van der Waals surface area (Å²) in [6, 6.07) is 0. The van der Waals surface area contributed by atoms with Crippen LogP contribution < -0.4 is 0 Å². The lowest BCUT2D eigenvalue weighted by atomic mass is 9.45. The van der Waals surface area contributed by atoms with Crippen molar-refractivity contribution in [3.63, 3.8) is 0 Å². The number of carbonyl (C=O) groups is 1. The number of hydrogen-bond donors (Lipinski definition) is 7. The molecule has 0 aliphatic heterocycles. The van der Waals surface area contributed by atoms with Gasteiger partial charge in [0.25, 0.3) is 0 Å². The maximum Gasteiger partial charge on any atom is 0.159 e. The fraction of sp³-hybridized carbons (Fsp3) is 0.889. The maximum atomic E-state index is 13.3. The van der Waals surface area contributed by atoms with E-state index in [1.165, 1.54) is 13.0 Å². The Labute approximate surface area is 207 Å². The molecule has 0 saturated heterocycles. The van der Waals surface area contributed by atoms with Gasteiger partial charge in [-0.25, -0.2) is 0 Å². The van der Waals surface area contributed by atoms with E-state index in [0.29, 0.717) is 18.4 Å². The average molecular weight is 497 g/mol. The van der Waals surface area contributed by atoms with E-state index in [4.69, 9.17) is 0 Å². The zero-order valence-electron chi connectivity index (χ0n) is 21.6. The van der Waals surface area contributed by atoms with Crippen LogP contribution in [0.4, 0.5) is 0 Å². The molecule has 3 saturated carbocycles. The molecule has 8 heteroatoms. The van der Waals surface area contributed by atoms with Crippen LogP contribution in [0, 0.1) is 28.6 Å². The molecule has 0 spiro atoms. The Morgan fingerprint density at radius 1 is 1.03 bits per heavy atom. The molecule has 7 N–H and O–H groups in total. The number of carbonyl (C=O) groups excluding carboxylic acids is 1. The summed E-state index contributed by atoms with van der Waals surface area (Å²) in [6.45, 7) is 8.51. The molecule has 4 aliphatic rings. The molecule has 11 atom stereocenters. The number of hydrogen-bond acceptors (Lipinski definition) is 8. The first-order valence-electron chi connectivity index (χ1n) is 13.0. The number of allylic oxidation sites excluding steroid dienone is 1. The number of aliphatic hydroxyl groups excluding tert-OH is 4. The maximum absolute atomic E-state index is 13.3. The fourth-order valence-corrected chi connectivity index (χ4v) is 8.44. The molecule has 3 fully saturated rings. The van der Waals surface area contributed by atoms with Crippen molar-refractivity contribution >= 4 is 5.78 Å². The van der Waals surface area contributed by atoms with Gasteiger partial charge in [-0.1, -0.05) is 13.8 Å². The van der Waals surface area contributed by atoms with Crippen LogP contribution in [0.25, 0.3) is 0 Å². The molecule has 35 heavy (non-hydrogen) atoms. The molecule has 0 aromatic rings. The first-order chi connectivity index (χ1) is 15.9. The summed E-state index contributed by atoms with van der Waals surface area (Å²) >= 11 is 0. The van der Waals surface area contributed by atoms with Gasteiger partial charge in [-0.3, -0.25) is 4.79 Å². The first-order valence-corrected chi connectivity index (χ1v) is 13.0. The van der Waals surface area contributed by atoms with Crippen molar-refractivity contribution in [2.24, 2.45) is 28.6 Å². The number of rotatable bonds is 5. The monoisotopic (exact) mass is 496 g/mol. The SMILES string of the molecule is CC(C)(O)CC[C@@H](O)[C@](C)(O)[C@H]1[C@@H](O)C[C@@]2(O)C3=CC(=O)[C@@H]4C[C@@H](O)[C@@H](O)C[C@]4(C)[C@H]3CC[C@]12C. The highest BCUT2D eigenvalue weighted by Crippen LogP contribution is 2.68. The van der Waals surface area contributed by atoms with E-state index in [2.05, 4.69) is 0 Å². The van der Waals surface area contributed by atoms with Gasteiger partial charge >= 0.3 is 0 Å². The zero-order chi connectivity index (χ0) is 26.4. The molecule has 4 aliphatic carbocycles. The molecule has 0 aromatic carbocycles. The summed E-state index contributed by atoms with van der Waals surface area (Å²) in [7, 11) is 0. The van der Waals surface area contributed by atoms with Crippen LogP contribution in [-0.4, -0.2) is 82.7 Å². The van der Waals surface area contributed by atoms with Crippen molar-refractivity contribution in [3.05, 3.63) is 11.6 Å². The Morgan fingerprint density at radius 3 is 2.26 bits per heavy atom. The Morgan fingerprint density at radius 2 is 1.66 bits per heavy atom. The predicted octanol–water partition coefficient (Wildman–Crippen LogP) is 0.825. The average Bonchev–Trinajstić information content (AvgIpc) is 2.93. The van der Waals surface area contributed by atoms with Gasteiger partial charge in [-0.2, -0.15) is 0 Å². The van der Waals surface area contributed by atoms with E-state index in [1.807, 2.05) is 13.8 Å². The second kappa shape index (κ2) is 8.32. The first kappa shape index (κ1) is 27.2. The topological polar surface area (TPSA) is 159 Å². The molecule has 200 valence electrons. The number of fused-ring (bicyclic) bond motifs is 5. The number of ketones is 1. The van der Waals surface area contributed by atoms with Crippen LogP contribution in [-0.2, 0) is 4.79 Å². The van der Waals surface area contributed by atoms with E-state index in [1.54, 1.807) is 13.8 Å². The Bertz CT molecular complexity index is 892. The largest absolute Gasteiger partial charge is 0.393 e. The molecular formula is C27H44O8. The molecule has 0 amide bonds. The van der Waals surface area contributed by atoms with E-state index < -0.39 is 63.9 Å². The van der Waals surface area contributed by atoms with Crippen LogP contribution in [0.5, 0.6) is 0 Å². The number of aliphatic hydroxyl groups is 7. The third kappa shape index (κ3) is 3.95. The lowest BCUT2D eigenvalue weighted by molar-refractivity contribution is -0.185. The summed E-state index contributed by atoms with van der Waals surface area (Å²) in [5.74, 6) is -1.70. The fourth-order valence-electron chi connectivity index (χ4n) is 8.44. The smallest absolute Gasteiger partial charge is 0.159 e. The van der Waals surface area contributed by atoms with Gasteiger partial charge < -0.3 is 35.7 Å². The predicted molar refractivity (Wildman–Crippen MR) is 128 cm³/mol. The Hall–Kier alpha value is -0.870. The molecule has 8 nitrogen and oxygen atoms in total. The van der Waals surface area contributed by atoms with Gasteiger partial charge in [0.1, 0.15) is 0 Å². The van der Waals surface area contributed by atoms with Crippen LogP contribution in [0.3, 0.4) is 0 Å². The second-order valence-electron chi connectivity index (χ2n) is 13.3. The summed E-state index contributed by atoms with van der Waals surface area (Å²) < 4.78 is 0. The molecular weight excluding hydrogens is 452 g/mol. The van der Waals surface area contributed by atoms with Crippen molar-refractivity contribution in [1.82, 2.24) is 0 Å². The standard InChI is InChI=1S/C27H44O8/c1-23(2,33)8-7-21(32)26(5,34)22-20(31)13-27(35)15-10-17(28)16-11-18(29)19(30)12-24(16,3)14(15)6-9-25(22,27)4/h10,14,16,18-22,29-35H,6-9,11-13H2,1-5H3/t14-,16-,18+,19-,20-,21+,22-,24+,25+,26-,27+/m0/s1. The van der Waals surface area contributed by atoms with Crippen molar-refractivity contribution in [2.75, 3.05) is 0 Å². The molecule has 0 aromatic heterocycles. The second-order valence-corrected chi connectivity index (χ2v) is 13.3. The van der Waals surface area contributed by atoms with E-state index >= 15 is 0 Å². The van der Waals surface area contributed by atoms with Gasteiger partial charge in [-0.05, 0) is 82.3 Å². The minimum atomic E-state index is -1.74. The Kier molecular flexibility index (Phi) is 6.46. The van der Waals surface area contributed by atoms with Crippen molar-refractivity contribution in [2.45, 2.75) is 121 Å². The van der Waals surface area contributed by atoms with Gasteiger partial charge in [0.15, 0.2) is 5.78 Å². The van der Waals surface area contributed by atoms with Gasteiger partial charge in [0.2, 0.25) is 0 Å². The Balaban J connectivity index is 1.71. The lowest BCUT2D eigenvalue weighted by Crippen LogP contribution is -2.63. The molecule has 4 rings (SSSR count). The molecule has 0 unspecified atom stereocenters. The minimum Gasteiger partial charge on any atom is -0.393 e. The summed E-state index contributed by atoms with van der Waals surface area (Å²) in [5, 5.41) is 76.7. The quantitative estimate of drug-likeness (QED) is 0.295. The zero-order valence-corrected chi connectivity index (χ0v) is 21.6. The van der Waals surface area contributed by atoms with Gasteiger partial charge in [-0.15, -0.1) is 0 Å². The van der Waals surface area contributed by atoms with E-state index in [-0.39, 0.29) is 43.8 Å². The minimum absolute atomic E-state index is 0.0654. The third-order valence-electron chi connectivity index (χ3n) is 10.5. The normalized spacial score (nSPS) is 48.3. The lowest BCUT2D eigenvalue weighted by Gasteiger charge is -2.60.